The number of carboxylic acid groups (broad SMARTS) is 1. The van der Waals surface area contributed by atoms with E-state index in [2.05, 4.69) is 10.8 Å². The number of hydrogen-bond acceptors (Lipinski definition) is 3. The average molecular weight is 234 g/mol. The number of rotatable bonds is 3. The second kappa shape index (κ2) is 6.00. The van der Waals surface area contributed by atoms with E-state index >= 15 is 0 Å². The highest BCUT2D eigenvalue weighted by molar-refractivity contribution is 5.84. The van der Waals surface area contributed by atoms with E-state index in [1.165, 1.54) is 0 Å². The number of nitrogens with two attached hydrogens (primary N) is 2. The highest BCUT2D eigenvalue weighted by atomic mass is 16.4. The number of H-pyrrole nitrogens is 1. The van der Waals surface area contributed by atoms with Crippen molar-refractivity contribution in [2.75, 3.05) is 0 Å². The van der Waals surface area contributed by atoms with Crippen LogP contribution in [0.15, 0.2) is 30.5 Å². The molecule has 0 fully saturated rings. The van der Waals surface area contributed by atoms with Crippen LogP contribution < -0.4 is 17.4 Å². The Morgan fingerprint density at radius 3 is 2.71 bits per heavy atom. The van der Waals surface area contributed by atoms with Gasteiger partial charge < -0.3 is 15.8 Å². The molecule has 17 heavy (non-hydrogen) atoms. The van der Waals surface area contributed by atoms with E-state index in [9.17, 15) is 4.79 Å². The molecule has 0 unspecified atom stereocenters. The van der Waals surface area contributed by atoms with E-state index in [-0.39, 0.29) is 0 Å². The first-order valence-corrected chi connectivity index (χ1v) is 4.97. The molecule has 1 heterocycles. The number of nitrogens with zero attached hydrogens (tertiary/aromatic N) is 1. The fourth-order valence-corrected chi connectivity index (χ4v) is 1.62. The van der Waals surface area contributed by atoms with Crippen LogP contribution in [0.5, 0.6) is 0 Å². The predicted octanol–water partition coefficient (Wildman–Crippen LogP) is 0.0511. The van der Waals surface area contributed by atoms with Crippen molar-refractivity contribution >= 4 is 16.9 Å². The molecule has 6 N–H and O–H groups in total. The minimum absolute atomic E-state index is 0.347. The van der Waals surface area contributed by atoms with Gasteiger partial charge in [0.1, 0.15) is 6.04 Å². The van der Waals surface area contributed by atoms with E-state index in [1.807, 2.05) is 30.5 Å². The lowest BCUT2D eigenvalue weighted by Crippen LogP contribution is -2.32. The van der Waals surface area contributed by atoms with Crippen molar-refractivity contribution < 1.29 is 9.90 Å². The Balaban J connectivity index is 0.000000686. The molecule has 0 aliphatic heterocycles. The van der Waals surface area contributed by atoms with E-state index in [4.69, 9.17) is 16.7 Å². The van der Waals surface area contributed by atoms with Crippen molar-refractivity contribution in [1.82, 2.24) is 10.8 Å². The SMILES string of the molecule is N[C@@H](Cc1c[nH]c2ccccc12)C(=O)O.[N]N. The first kappa shape index (κ1) is 13.2. The first-order valence-electron chi connectivity index (χ1n) is 4.97. The van der Waals surface area contributed by atoms with Crippen LogP contribution in [0.25, 0.3) is 10.9 Å². The maximum atomic E-state index is 10.6. The second-order valence-corrected chi connectivity index (χ2v) is 3.51. The summed E-state index contributed by atoms with van der Waals surface area (Å²) >= 11 is 0. The lowest BCUT2D eigenvalue weighted by molar-refractivity contribution is -0.138. The molecule has 0 aliphatic carbocycles. The molecule has 6 nitrogen and oxygen atoms in total. The molecule has 1 aromatic carbocycles. The molecular weight excluding hydrogens is 220 g/mol. The van der Waals surface area contributed by atoms with E-state index in [0.29, 0.717) is 6.42 Å². The lowest BCUT2D eigenvalue weighted by atomic mass is 10.1. The molecule has 1 atom stereocenters. The third-order valence-corrected chi connectivity index (χ3v) is 2.43. The van der Waals surface area contributed by atoms with Gasteiger partial charge >= 0.3 is 5.97 Å². The smallest absolute Gasteiger partial charge is 0.320 e. The number of aromatic nitrogens is 1. The van der Waals surface area contributed by atoms with Crippen LogP contribution in [0.1, 0.15) is 5.56 Å². The Hall–Kier alpha value is -1.89. The van der Waals surface area contributed by atoms with E-state index < -0.39 is 12.0 Å². The maximum Gasteiger partial charge on any atom is 0.320 e. The van der Waals surface area contributed by atoms with Crippen molar-refractivity contribution in [3.8, 4) is 0 Å². The number of hydrogen-bond donors (Lipinski definition) is 4. The summed E-state index contributed by atoms with van der Waals surface area (Å²) in [6.07, 6.45) is 2.16. The summed E-state index contributed by atoms with van der Waals surface area (Å²) < 4.78 is 0. The van der Waals surface area contributed by atoms with Crippen LogP contribution in [0.4, 0.5) is 0 Å². The number of benzene rings is 1. The summed E-state index contributed by atoms with van der Waals surface area (Å²) in [6.45, 7) is 0. The minimum Gasteiger partial charge on any atom is -0.480 e. The Bertz CT molecular complexity index is 495. The highest BCUT2D eigenvalue weighted by Crippen LogP contribution is 2.18. The van der Waals surface area contributed by atoms with Gasteiger partial charge in [0, 0.05) is 23.5 Å². The molecule has 90 valence electrons. The van der Waals surface area contributed by atoms with Gasteiger partial charge in [-0.05, 0) is 17.5 Å². The first-order chi connectivity index (χ1) is 8.18. The standard InChI is InChI=1S/C11H12N2O2.H2N2/c12-9(11(14)15)5-7-6-13-10-4-2-1-3-8(7)10;1-2/h1-4,6,9,13H,5,12H2,(H,14,15);1H2/t9-;/m0./s1. The molecule has 0 bridgehead atoms. The third kappa shape index (κ3) is 3.04. The molecular formula is C11H14N4O2. The van der Waals surface area contributed by atoms with Crippen molar-refractivity contribution in [3.05, 3.63) is 36.0 Å². The lowest BCUT2D eigenvalue weighted by Gasteiger charge is -2.04. The summed E-state index contributed by atoms with van der Waals surface area (Å²) in [5.41, 5.74) is 7.43. The summed E-state index contributed by atoms with van der Waals surface area (Å²) in [5.74, 6) is 9.03. The molecule has 2 aromatic rings. The van der Waals surface area contributed by atoms with Crippen molar-refractivity contribution in [2.45, 2.75) is 12.5 Å². The summed E-state index contributed by atoms with van der Waals surface area (Å²) in [6, 6.07) is 6.91. The number of aromatic amines is 1. The molecule has 0 saturated carbocycles. The number of carboxylic acids is 1. The van der Waals surface area contributed by atoms with Crippen LogP contribution in [0, 0.1) is 0 Å². The minimum atomic E-state index is -0.972. The summed E-state index contributed by atoms with van der Waals surface area (Å²) in [5, 5.41) is 9.75. The van der Waals surface area contributed by atoms with Gasteiger partial charge in [-0.1, -0.05) is 18.2 Å². The van der Waals surface area contributed by atoms with Gasteiger partial charge in [0.05, 0.1) is 0 Å². The zero-order valence-corrected chi connectivity index (χ0v) is 9.13. The van der Waals surface area contributed by atoms with Crippen molar-refractivity contribution in [3.63, 3.8) is 0 Å². The molecule has 0 aliphatic rings. The van der Waals surface area contributed by atoms with Gasteiger partial charge in [-0.15, -0.1) is 0 Å². The van der Waals surface area contributed by atoms with Gasteiger partial charge in [-0.2, -0.15) is 0 Å². The summed E-state index contributed by atoms with van der Waals surface area (Å²) in [7, 11) is 0. The zero-order valence-electron chi connectivity index (χ0n) is 9.13. The molecule has 0 saturated heterocycles. The van der Waals surface area contributed by atoms with Gasteiger partial charge in [0.2, 0.25) is 0 Å². The quantitative estimate of drug-likeness (QED) is 0.442. The van der Waals surface area contributed by atoms with Crippen LogP contribution in [0.3, 0.4) is 0 Å². The Kier molecular flexibility index (Phi) is 4.65. The van der Waals surface area contributed by atoms with Crippen LogP contribution >= 0.6 is 0 Å². The second-order valence-electron chi connectivity index (χ2n) is 3.51. The van der Waals surface area contributed by atoms with Crippen LogP contribution in [-0.2, 0) is 11.2 Å². The number of para-hydroxylation sites is 1. The molecule has 1 aromatic heterocycles. The molecule has 2 rings (SSSR count). The third-order valence-electron chi connectivity index (χ3n) is 2.43. The Labute approximate surface area is 98.4 Å². The zero-order chi connectivity index (χ0) is 12.8. The van der Waals surface area contributed by atoms with Crippen molar-refractivity contribution in [1.29, 1.82) is 0 Å². The number of nitrogens with one attached hydrogen (secondary N) is 1. The average Bonchev–Trinajstić information content (AvgIpc) is 2.75. The normalized spacial score (nSPS) is 11.7. The van der Waals surface area contributed by atoms with Gasteiger partial charge in [0.15, 0.2) is 0 Å². The Morgan fingerprint density at radius 2 is 2.06 bits per heavy atom. The molecule has 2 radical (unpaired) electrons. The predicted molar refractivity (Wildman–Crippen MR) is 63.9 cm³/mol. The van der Waals surface area contributed by atoms with Gasteiger partial charge in [-0.25, -0.2) is 5.84 Å². The topological polar surface area (TPSA) is 127 Å². The maximum absolute atomic E-state index is 10.6. The van der Waals surface area contributed by atoms with E-state index in [0.717, 1.165) is 16.5 Å². The van der Waals surface area contributed by atoms with Gasteiger partial charge in [-0.3, -0.25) is 4.79 Å². The molecule has 0 amide bonds. The number of fused-ring (bicyclic) bond motifs is 1. The van der Waals surface area contributed by atoms with E-state index in [1.54, 1.807) is 0 Å². The molecule has 6 heteroatoms. The van der Waals surface area contributed by atoms with Crippen molar-refractivity contribution in [2.24, 2.45) is 11.6 Å². The Morgan fingerprint density at radius 1 is 1.41 bits per heavy atom. The van der Waals surface area contributed by atoms with Crippen LogP contribution in [-0.4, -0.2) is 22.1 Å². The monoisotopic (exact) mass is 234 g/mol. The largest absolute Gasteiger partial charge is 0.480 e. The number of carbonyl (C=O) groups is 1. The fraction of sp³-hybridized carbons (Fsp3) is 0.182. The highest BCUT2D eigenvalue weighted by Gasteiger charge is 2.14. The van der Waals surface area contributed by atoms with Crippen LogP contribution in [0.2, 0.25) is 0 Å². The summed E-state index contributed by atoms with van der Waals surface area (Å²) in [4.78, 5) is 13.7. The number of aliphatic carboxylic acids is 1. The van der Waals surface area contributed by atoms with Gasteiger partial charge in [0.25, 0.3) is 0 Å². The fourth-order valence-electron chi connectivity index (χ4n) is 1.62. The molecule has 0 spiro atoms.